The number of esters is 1. The highest BCUT2D eigenvalue weighted by molar-refractivity contribution is 5.87. The number of hydrogen-bond donors (Lipinski definition) is 0. The van der Waals surface area contributed by atoms with Crippen LogP contribution in [0.4, 0.5) is 0 Å². The van der Waals surface area contributed by atoms with Gasteiger partial charge in [-0.05, 0) is 27.2 Å². The molecular weight excluding hydrogens is 176 g/mol. The van der Waals surface area contributed by atoms with Crippen molar-refractivity contribution in [3.05, 3.63) is 12.2 Å². The van der Waals surface area contributed by atoms with E-state index in [-0.39, 0.29) is 24.0 Å². The molecule has 0 saturated carbocycles. The van der Waals surface area contributed by atoms with E-state index in [1.54, 1.807) is 6.92 Å². The van der Waals surface area contributed by atoms with Gasteiger partial charge in [0.25, 0.3) is 0 Å². The van der Waals surface area contributed by atoms with Crippen LogP contribution in [-0.4, -0.2) is 11.6 Å². The summed E-state index contributed by atoms with van der Waals surface area (Å²) >= 11 is 0. The normalized spacial score (nSPS) is 10.0. The van der Waals surface area contributed by atoms with Gasteiger partial charge in [0.05, 0.1) is 0 Å². The average Bonchev–Trinajstić information content (AvgIpc) is 1.87. The molecule has 12 heavy (non-hydrogen) atoms. The summed E-state index contributed by atoms with van der Waals surface area (Å²) in [7, 11) is 0. The van der Waals surface area contributed by atoms with E-state index < -0.39 is 0 Å². The molecule has 0 aromatic carbocycles. The molecule has 0 atom stereocenters. The van der Waals surface area contributed by atoms with Gasteiger partial charge in [-0.15, -0.1) is 12.4 Å². The molecule has 0 aliphatic carbocycles. The van der Waals surface area contributed by atoms with E-state index in [1.807, 2.05) is 20.8 Å². The standard InChI is InChI=1S/C9H16O2.ClH/c1-6-9(4,5)11-8(10)7(2)3;/h2,6H2,1,3-5H3;1H. The number of ether oxygens (including phenoxy) is 1. The lowest BCUT2D eigenvalue weighted by Gasteiger charge is -2.23. The highest BCUT2D eigenvalue weighted by atomic mass is 35.5. The Morgan fingerprint density at radius 3 is 2.17 bits per heavy atom. The van der Waals surface area contributed by atoms with Crippen molar-refractivity contribution < 1.29 is 9.53 Å². The van der Waals surface area contributed by atoms with Crippen molar-refractivity contribution in [3.8, 4) is 0 Å². The number of carbonyl (C=O) groups excluding carboxylic acids is 1. The molecular formula is C9H17ClO2. The Hall–Kier alpha value is -0.500. The molecule has 0 bridgehead atoms. The number of rotatable bonds is 3. The maximum atomic E-state index is 11.0. The van der Waals surface area contributed by atoms with Gasteiger partial charge >= 0.3 is 5.97 Å². The minimum Gasteiger partial charge on any atom is -0.456 e. The zero-order valence-electron chi connectivity index (χ0n) is 8.14. The molecule has 0 radical (unpaired) electrons. The summed E-state index contributed by atoms with van der Waals surface area (Å²) in [6.07, 6.45) is 0.812. The lowest BCUT2D eigenvalue weighted by atomic mass is 10.1. The van der Waals surface area contributed by atoms with Crippen molar-refractivity contribution in [1.29, 1.82) is 0 Å². The summed E-state index contributed by atoms with van der Waals surface area (Å²) in [6.45, 7) is 10.9. The Labute approximate surface area is 80.4 Å². The third-order valence-corrected chi connectivity index (χ3v) is 1.57. The van der Waals surface area contributed by atoms with Gasteiger partial charge in [0, 0.05) is 5.57 Å². The third kappa shape index (κ3) is 5.19. The van der Waals surface area contributed by atoms with Gasteiger partial charge in [-0.3, -0.25) is 0 Å². The second-order valence-corrected chi connectivity index (χ2v) is 3.28. The second-order valence-electron chi connectivity index (χ2n) is 3.28. The molecule has 0 unspecified atom stereocenters. The Morgan fingerprint density at radius 2 is 1.92 bits per heavy atom. The van der Waals surface area contributed by atoms with Gasteiger partial charge < -0.3 is 4.74 Å². The van der Waals surface area contributed by atoms with E-state index in [0.717, 1.165) is 6.42 Å². The Balaban J connectivity index is 0. The van der Waals surface area contributed by atoms with Crippen LogP contribution in [0.15, 0.2) is 12.2 Å². The summed E-state index contributed by atoms with van der Waals surface area (Å²) in [5, 5.41) is 0. The Bertz CT molecular complexity index is 173. The van der Waals surface area contributed by atoms with Crippen LogP contribution < -0.4 is 0 Å². The van der Waals surface area contributed by atoms with Crippen molar-refractivity contribution in [2.24, 2.45) is 0 Å². The second kappa shape index (κ2) is 5.20. The van der Waals surface area contributed by atoms with Crippen LogP contribution in [0, 0.1) is 0 Å². The van der Waals surface area contributed by atoms with Gasteiger partial charge in [0.2, 0.25) is 0 Å². The average molecular weight is 193 g/mol. The molecule has 0 fully saturated rings. The number of halogens is 1. The highest BCUT2D eigenvalue weighted by Gasteiger charge is 2.20. The molecule has 72 valence electrons. The monoisotopic (exact) mass is 192 g/mol. The molecule has 0 amide bonds. The fourth-order valence-corrected chi connectivity index (χ4v) is 0.410. The first-order chi connectivity index (χ1) is 4.89. The number of hydrogen-bond acceptors (Lipinski definition) is 2. The van der Waals surface area contributed by atoms with E-state index in [4.69, 9.17) is 4.74 Å². The van der Waals surface area contributed by atoms with E-state index in [2.05, 4.69) is 6.58 Å². The maximum Gasteiger partial charge on any atom is 0.333 e. The molecule has 0 aliphatic heterocycles. The van der Waals surface area contributed by atoms with Crippen molar-refractivity contribution in [2.45, 2.75) is 39.7 Å². The van der Waals surface area contributed by atoms with E-state index in [9.17, 15) is 4.79 Å². The minimum atomic E-state index is -0.365. The van der Waals surface area contributed by atoms with E-state index >= 15 is 0 Å². The number of carbonyl (C=O) groups is 1. The van der Waals surface area contributed by atoms with Crippen LogP contribution in [0.5, 0.6) is 0 Å². The summed E-state index contributed by atoms with van der Waals surface area (Å²) in [4.78, 5) is 11.0. The van der Waals surface area contributed by atoms with Gasteiger partial charge in [-0.1, -0.05) is 13.5 Å². The van der Waals surface area contributed by atoms with Gasteiger partial charge in [0.1, 0.15) is 5.60 Å². The summed E-state index contributed by atoms with van der Waals surface area (Å²) in [5.41, 5.74) is 0.0854. The van der Waals surface area contributed by atoms with Crippen molar-refractivity contribution >= 4 is 18.4 Å². The first-order valence-corrected chi connectivity index (χ1v) is 3.78. The smallest absolute Gasteiger partial charge is 0.333 e. The van der Waals surface area contributed by atoms with Crippen molar-refractivity contribution in [3.63, 3.8) is 0 Å². The third-order valence-electron chi connectivity index (χ3n) is 1.57. The Kier molecular flexibility index (Phi) is 6.09. The molecule has 3 heteroatoms. The fourth-order valence-electron chi connectivity index (χ4n) is 0.410. The van der Waals surface area contributed by atoms with Crippen molar-refractivity contribution in [1.82, 2.24) is 0 Å². The molecule has 0 heterocycles. The van der Waals surface area contributed by atoms with Crippen LogP contribution in [-0.2, 0) is 9.53 Å². The molecule has 2 nitrogen and oxygen atoms in total. The first-order valence-electron chi connectivity index (χ1n) is 3.78. The zero-order chi connectivity index (χ0) is 9.07. The fraction of sp³-hybridized carbons (Fsp3) is 0.667. The van der Waals surface area contributed by atoms with Gasteiger partial charge in [-0.25, -0.2) is 4.79 Å². The summed E-state index contributed by atoms with van der Waals surface area (Å²) in [6, 6.07) is 0. The van der Waals surface area contributed by atoms with Gasteiger partial charge in [0.15, 0.2) is 0 Å². The largest absolute Gasteiger partial charge is 0.456 e. The predicted molar refractivity (Wildman–Crippen MR) is 52.5 cm³/mol. The lowest BCUT2D eigenvalue weighted by Crippen LogP contribution is -2.27. The minimum absolute atomic E-state index is 0. The van der Waals surface area contributed by atoms with E-state index in [0.29, 0.717) is 5.57 Å². The van der Waals surface area contributed by atoms with Crippen LogP contribution in [0.3, 0.4) is 0 Å². The predicted octanol–water partition coefficient (Wildman–Crippen LogP) is 2.72. The molecule has 0 N–H and O–H groups in total. The zero-order valence-corrected chi connectivity index (χ0v) is 8.96. The first kappa shape index (κ1) is 14.0. The van der Waals surface area contributed by atoms with Crippen LogP contribution in [0.1, 0.15) is 34.1 Å². The van der Waals surface area contributed by atoms with Crippen LogP contribution in [0.2, 0.25) is 0 Å². The molecule has 0 aliphatic rings. The van der Waals surface area contributed by atoms with Crippen molar-refractivity contribution in [2.75, 3.05) is 0 Å². The lowest BCUT2D eigenvalue weighted by molar-refractivity contribution is -0.151. The Morgan fingerprint density at radius 1 is 1.50 bits per heavy atom. The SMILES string of the molecule is C=C(C)C(=O)OC(C)(C)CC.Cl. The summed E-state index contributed by atoms with van der Waals surface area (Å²) in [5.74, 6) is -0.308. The molecule has 0 aromatic heterocycles. The highest BCUT2D eigenvalue weighted by Crippen LogP contribution is 2.14. The quantitative estimate of drug-likeness (QED) is 0.508. The van der Waals surface area contributed by atoms with Gasteiger partial charge in [-0.2, -0.15) is 0 Å². The molecule has 0 saturated heterocycles. The van der Waals surface area contributed by atoms with Crippen LogP contribution in [0.25, 0.3) is 0 Å². The molecule has 0 aromatic rings. The summed E-state index contributed by atoms with van der Waals surface area (Å²) < 4.78 is 5.11. The topological polar surface area (TPSA) is 26.3 Å². The van der Waals surface area contributed by atoms with E-state index in [1.165, 1.54) is 0 Å². The maximum absolute atomic E-state index is 11.0. The molecule has 0 spiro atoms. The molecule has 0 rings (SSSR count). The van der Waals surface area contributed by atoms with Crippen LogP contribution >= 0.6 is 12.4 Å².